The molecule has 3 saturated heterocycles. The summed E-state index contributed by atoms with van der Waals surface area (Å²) in [4.78, 5) is 204. The van der Waals surface area contributed by atoms with Gasteiger partial charge in [0.15, 0.2) is 5.78 Å². The second-order valence-electron chi connectivity index (χ2n) is 33.1. The van der Waals surface area contributed by atoms with Crippen molar-refractivity contribution < 1.29 is 105 Å². The zero-order chi connectivity index (χ0) is 104. The molecule has 5 fully saturated rings. The minimum absolute atomic E-state index is 0. The van der Waals surface area contributed by atoms with Crippen molar-refractivity contribution in [1.29, 1.82) is 0 Å². The maximum atomic E-state index is 12.3. The van der Waals surface area contributed by atoms with Crippen molar-refractivity contribution in [3.8, 4) is 0 Å². The first-order valence-electron chi connectivity index (χ1n) is 51.0. The second-order valence-corrected chi connectivity index (χ2v) is 37.3. The highest BCUT2D eigenvalue weighted by atomic mass is 32.2. The van der Waals surface area contributed by atoms with Gasteiger partial charge in [0.25, 0.3) is 0 Å². The minimum atomic E-state index is -0.340. The molecule has 0 aromatic heterocycles. The van der Waals surface area contributed by atoms with E-state index < -0.39 is 0 Å². The molecule has 28 heteroatoms. The van der Waals surface area contributed by atoms with Crippen LogP contribution in [-0.2, 0) is 105 Å². The molecule has 5 aliphatic rings. The first-order chi connectivity index (χ1) is 63.2. The minimum Gasteiger partial charge on any atom is -0.356 e. The van der Waals surface area contributed by atoms with E-state index in [0.29, 0.717) is 125 Å². The van der Waals surface area contributed by atoms with Gasteiger partial charge in [-0.05, 0) is 181 Å². The number of unbranched alkanes of at least 4 members (excludes halogenated alkanes) is 3. The lowest BCUT2D eigenvalue weighted by molar-refractivity contribution is -0.142. The third kappa shape index (κ3) is 94.0. The predicted molar refractivity (Wildman–Crippen MR) is 557 cm³/mol. The zero-order valence-electron chi connectivity index (χ0n) is 89.4. The van der Waals surface area contributed by atoms with E-state index in [0.717, 1.165) is 151 Å². The Hall–Kier alpha value is -5.65. The van der Waals surface area contributed by atoms with Crippen LogP contribution < -0.4 is 0 Å². The normalized spacial score (nSPS) is 16.8. The van der Waals surface area contributed by atoms with E-state index in [2.05, 4.69) is 55.4 Å². The number of thioether (sulfide) groups is 3. The van der Waals surface area contributed by atoms with Crippen LogP contribution in [0, 0.1) is 23.7 Å². The Kier molecular flexibility index (Phi) is 120. The molecule has 3 heterocycles. The summed E-state index contributed by atoms with van der Waals surface area (Å²) < 4.78 is 19.6. The molecule has 3 unspecified atom stereocenters. The molecule has 6 amide bonds. The molecule has 2 aliphatic carbocycles. The lowest BCUT2D eigenvalue weighted by atomic mass is 9.78. The lowest BCUT2D eigenvalue weighted by Gasteiger charge is -2.30. The summed E-state index contributed by atoms with van der Waals surface area (Å²) in [6.07, 6.45) is 33.9. The van der Waals surface area contributed by atoms with Crippen LogP contribution in [-0.4, -0.2) is 212 Å². The molecule has 2 saturated carbocycles. The maximum absolute atomic E-state index is 12.3. The molecule has 25 nitrogen and oxygen atoms in total. The highest BCUT2D eigenvalue weighted by molar-refractivity contribution is 8.01. The number of Topliss-reactive ketones (excluding diaryl/α,β-unsaturated/α-hetero) is 12. The number of hydrogen-bond donors (Lipinski definition) is 0. The largest absolute Gasteiger partial charge is 0.356 e. The number of likely N-dealkylation sites (tertiary alicyclic amines) is 3. The van der Waals surface area contributed by atoms with Gasteiger partial charge in [0.05, 0.1) is 47.5 Å². The van der Waals surface area contributed by atoms with Crippen molar-refractivity contribution in [2.45, 2.75) is 474 Å². The number of nitrogens with zero attached hydrogens (tertiary/aromatic N) is 3. The van der Waals surface area contributed by atoms with E-state index in [9.17, 15) is 86.3 Å². The van der Waals surface area contributed by atoms with Crippen LogP contribution in [0.1, 0.15) is 458 Å². The van der Waals surface area contributed by atoms with Crippen LogP contribution in [0.2, 0.25) is 0 Å². The van der Waals surface area contributed by atoms with E-state index in [1.807, 2.05) is 104 Å². The van der Waals surface area contributed by atoms with Gasteiger partial charge in [-0.15, -0.1) is 35.3 Å². The molecule has 3 atom stereocenters. The van der Waals surface area contributed by atoms with Gasteiger partial charge in [0.2, 0.25) is 35.4 Å². The summed E-state index contributed by atoms with van der Waals surface area (Å²) in [7, 11) is 0. The fourth-order valence-corrected chi connectivity index (χ4v) is 15.4. The molecule has 0 bridgehead atoms. The van der Waals surface area contributed by atoms with Gasteiger partial charge in [-0.3, -0.25) is 91.4 Å². The van der Waals surface area contributed by atoms with Crippen LogP contribution >= 0.6 is 35.3 Å². The molecule has 5 rings (SSSR count). The Balaban J connectivity index is -0.000000159. The van der Waals surface area contributed by atoms with Gasteiger partial charge < -0.3 is 28.5 Å². The molecule has 134 heavy (non-hydrogen) atoms. The van der Waals surface area contributed by atoms with Crippen molar-refractivity contribution in [3.63, 3.8) is 0 Å². The monoisotopic (exact) mass is 1960 g/mol. The van der Waals surface area contributed by atoms with Gasteiger partial charge >= 0.3 is 0 Å². The molecule has 0 radical (unpaired) electrons. The van der Waals surface area contributed by atoms with E-state index in [1.54, 1.807) is 32.5 Å². The van der Waals surface area contributed by atoms with Crippen molar-refractivity contribution >= 4 is 140 Å². The summed E-state index contributed by atoms with van der Waals surface area (Å²) in [6.45, 7) is 58.4. The lowest BCUT2D eigenvalue weighted by Crippen LogP contribution is -2.37. The van der Waals surface area contributed by atoms with Crippen molar-refractivity contribution in [2.75, 3.05) is 76.9 Å². The first-order valence-corrected chi connectivity index (χ1v) is 54.1. The number of rotatable bonds is 51. The highest BCUT2D eigenvalue weighted by Crippen LogP contribution is 2.35. The SMILES string of the molecule is C.CCC.CCC(C)=O.CCCC.CCCC(=O)C1CCC(CC)CC1.CCCC(=O)C1CCC(CN2C(=O)CC(SCC)C2=O)CC1.CCCC(=O)CC.CCCC(=O)CC.CCCC(=O)CC(C)=O.CCCC(=O)CN1C(=O)CC(SCC)C1=O.CCCC(=O)CSC1CC(=O)N(CC)C1=O.CCCC(C)=O.CCCCC.CCOCOCC.CCOCOCCC(=O)CC(C)=O. The Morgan fingerprint density at radius 2 is 0.642 bits per heavy atom. The quantitative estimate of drug-likeness (QED) is 0.0236. The number of ketones is 12. The first kappa shape index (κ1) is 149. The summed E-state index contributed by atoms with van der Waals surface area (Å²) in [5.74, 6) is 5.45. The molecular weight excluding hydrogens is 1760 g/mol. The molecule has 788 valence electrons. The van der Waals surface area contributed by atoms with Crippen molar-refractivity contribution in [3.05, 3.63) is 0 Å². The summed E-state index contributed by atoms with van der Waals surface area (Å²) in [5, 5.41) is -0.778. The Morgan fingerprint density at radius 1 is 0.321 bits per heavy atom. The molecule has 3 aliphatic heterocycles. The Bertz CT molecular complexity index is 3020. The maximum Gasteiger partial charge on any atom is 0.243 e. The summed E-state index contributed by atoms with van der Waals surface area (Å²) in [5.41, 5.74) is 0. The number of amides is 6. The summed E-state index contributed by atoms with van der Waals surface area (Å²) >= 11 is 4.34. The van der Waals surface area contributed by atoms with Gasteiger partial charge in [-0.2, -0.15) is 0 Å². The zero-order valence-corrected chi connectivity index (χ0v) is 91.8. The molecule has 0 N–H and O–H groups in total. The van der Waals surface area contributed by atoms with Crippen LogP contribution in [0.4, 0.5) is 0 Å². The van der Waals surface area contributed by atoms with E-state index >= 15 is 0 Å². The van der Waals surface area contributed by atoms with E-state index in [1.165, 1.54) is 105 Å². The van der Waals surface area contributed by atoms with E-state index in [4.69, 9.17) is 18.9 Å². The van der Waals surface area contributed by atoms with Gasteiger partial charge in [-0.1, -0.05) is 191 Å². The topological polar surface area (TPSA) is 354 Å². The number of ether oxygens (including phenoxy) is 4. The number of carbonyl (C=O) groups is 18. The molecular formula is C106H199N3O22S3. The second kappa shape index (κ2) is 108. The molecule has 0 spiro atoms. The molecule has 0 aromatic carbocycles. The van der Waals surface area contributed by atoms with Crippen molar-refractivity contribution in [1.82, 2.24) is 14.7 Å². The standard InChI is InChI=1S/C17H27NO3S.C12H22O.2C11H17NO3S.C9H16O4.C7H12O2.2C6H12O.C5H12O2.C5H10O.C5H12.C4H8O.C4H10.C3H8.CH4/c1-3-5-14(19)13-8-6-12(7-9-13)11-18-16(20)10-15(17(18)21)22-4-2;1-3-5-12(13)11-8-6-10(4-2)7-9-11;1-3-5-8(13)7-12-10(14)6-9(11(12)15)16-4-2;1-3-5-8(13)7-16-9-6-10(14)12(4-2)11(9)15;1-3-12-7-13-5-4-9(11)6-8(2)10;1-3-4-7(9)5-6(2)8;2*1-3-5-6(7)4-2;1-3-6-5-7-4-2;1-3-4-5(2)6;1-3-5-4-2;1-3-4(2)5;1-3-4-2;1-3-2;/h12-13,15H,3-11H2,1-2H3;10-11H,3-9H2,1-2H3;2*9H,3-7H2,1-2H3;3-7H2,1-2H3;3-5H2,1-2H3;3*3-5H2,1-2H3;3-4H2,1-2H3;3-5H2,1-2H3;3H2,1-2H3;3-4H2,1-2H3;3H2,1-2H3;1H4. The average molecular weight is 1960 g/mol. The van der Waals surface area contributed by atoms with Gasteiger partial charge in [0, 0.05) is 141 Å². The van der Waals surface area contributed by atoms with Crippen LogP contribution in [0.3, 0.4) is 0 Å². The van der Waals surface area contributed by atoms with Crippen LogP contribution in [0.25, 0.3) is 0 Å². The Labute approximate surface area is 829 Å². The third-order valence-electron chi connectivity index (χ3n) is 20.2. The third-order valence-corrected chi connectivity index (χ3v) is 23.6. The number of carbonyl (C=O) groups excluding carboxylic acids is 18. The van der Waals surface area contributed by atoms with Crippen LogP contribution in [0.5, 0.6) is 0 Å². The smallest absolute Gasteiger partial charge is 0.243 e. The Morgan fingerprint density at radius 3 is 0.933 bits per heavy atom. The predicted octanol–water partition coefficient (Wildman–Crippen LogP) is 24.3. The highest BCUT2D eigenvalue weighted by Gasteiger charge is 2.42. The fraction of sp³-hybridized carbons (Fsp3) is 0.830. The van der Waals surface area contributed by atoms with Gasteiger partial charge in [-0.25, -0.2) is 0 Å². The van der Waals surface area contributed by atoms with Crippen molar-refractivity contribution in [2.24, 2.45) is 23.7 Å². The molecule has 0 aromatic rings. The van der Waals surface area contributed by atoms with Crippen LogP contribution in [0.15, 0.2) is 0 Å². The van der Waals surface area contributed by atoms with E-state index in [-0.39, 0.29) is 156 Å². The van der Waals surface area contributed by atoms with Gasteiger partial charge in [0.1, 0.15) is 77.2 Å². The average Bonchev–Trinajstić information content (AvgIpc) is 1.66. The fourth-order valence-electron chi connectivity index (χ4n) is 12.5. The number of hydrogen-bond acceptors (Lipinski definition) is 25. The summed E-state index contributed by atoms with van der Waals surface area (Å²) in [6, 6.07) is 0. The number of imide groups is 3.